The summed E-state index contributed by atoms with van der Waals surface area (Å²) in [5.41, 5.74) is 7.28. The summed E-state index contributed by atoms with van der Waals surface area (Å²) in [6.07, 6.45) is 0. The van der Waals surface area contributed by atoms with Gasteiger partial charge in [0, 0.05) is 27.7 Å². The topological polar surface area (TPSA) is 61.8 Å². The van der Waals surface area contributed by atoms with Crippen molar-refractivity contribution in [3.8, 4) is 0 Å². The molecule has 0 atom stereocenters. The van der Waals surface area contributed by atoms with Crippen molar-refractivity contribution < 1.29 is 5.21 Å². The van der Waals surface area contributed by atoms with Gasteiger partial charge in [-0.05, 0) is 36.6 Å². The monoisotopic (exact) mass is 309 g/mol. The third-order valence-corrected chi connectivity index (χ3v) is 4.09. The molecule has 106 valence electrons. The standard InChI is InChI=1S/C14H16ClN3OS/c1-2-18(9-11-4-3-7-20-11)13-8-10(15)5-6-12(13)14(16)17-19/h3-8,19H,2,9H2,1H3,(H2,16,17). The minimum atomic E-state index is 0.0845. The van der Waals surface area contributed by atoms with E-state index in [-0.39, 0.29) is 5.84 Å². The van der Waals surface area contributed by atoms with Gasteiger partial charge < -0.3 is 15.8 Å². The first kappa shape index (κ1) is 14.7. The molecule has 0 aliphatic heterocycles. The van der Waals surface area contributed by atoms with Crippen molar-refractivity contribution in [3.05, 3.63) is 51.2 Å². The maximum absolute atomic E-state index is 8.91. The number of hydrogen-bond acceptors (Lipinski definition) is 4. The first-order valence-electron chi connectivity index (χ1n) is 6.20. The smallest absolute Gasteiger partial charge is 0.172 e. The van der Waals surface area contributed by atoms with Crippen LogP contribution in [0.25, 0.3) is 0 Å². The van der Waals surface area contributed by atoms with Gasteiger partial charge in [0.15, 0.2) is 5.84 Å². The minimum absolute atomic E-state index is 0.0845. The zero-order valence-electron chi connectivity index (χ0n) is 11.1. The van der Waals surface area contributed by atoms with Gasteiger partial charge in [0.25, 0.3) is 0 Å². The van der Waals surface area contributed by atoms with Gasteiger partial charge in [-0.15, -0.1) is 11.3 Å². The highest BCUT2D eigenvalue weighted by atomic mass is 35.5. The van der Waals surface area contributed by atoms with E-state index in [9.17, 15) is 0 Å². The molecule has 6 heteroatoms. The Morgan fingerprint density at radius 2 is 2.25 bits per heavy atom. The van der Waals surface area contributed by atoms with Crippen LogP contribution in [0.15, 0.2) is 40.9 Å². The lowest BCUT2D eigenvalue weighted by Gasteiger charge is -2.25. The van der Waals surface area contributed by atoms with Gasteiger partial charge in [-0.1, -0.05) is 22.8 Å². The highest BCUT2D eigenvalue weighted by Crippen LogP contribution is 2.27. The van der Waals surface area contributed by atoms with E-state index in [0.29, 0.717) is 10.6 Å². The second-order valence-electron chi connectivity index (χ2n) is 4.24. The fourth-order valence-corrected chi connectivity index (χ4v) is 2.88. The Bertz CT molecular complexity index is 598. The lowest BCUT2D eigenvalue weighted by atomic mass is 10.1. The average molecular weight is 310 g/mol. The van der Waals surface area contributed by atoms with E-state index in [2.05, 4.69) is 23.0 Å². The lowest BCUT2D eigenvalue weighted by Crippen LogP contribution is -2.25. The van der Waals surface area contributed by atoms with E-state index in [1.807, 2.05) is 17.5 Å². The maximum atomic E-state index is 8.91. The van der Waals surface area contributed by atoms with Crippen molar-refractivity contribution in [1.82, 2.24) is 0 Å². The summed E-state index contributed by atoms with van der Waals surface area (Å²) in [5.74, 6) is 0.0845. The molecule has 4 nitrogen and oxygen atoms in total. The summed E-state index contributed by atoms with van der Waals surface area (Å²) >= 11 is 7.78. The van der Waals surface area contributed by atoms with E-state index in [0.717, 1.165) is 18.8 Å². The van der Waals surface area contributed by atoms with E-state index in [1.165, 1.54) is 4.88 Å². The van der Waals surface area contributed by atoms with Gasteiger partial charge in [0.05, 0.1) is 6.54 Å². The number of rotatable bonds is 5. The second-order valence-corrected chi connectivity index (χ2v) is 5.71. The molecule has 1 heterocycles. The fraction of sp³-hybridized carbons (Fsp3) is 0.214. The lowest BCUT2D eigenvalue weighted by molar-refractivity contribution is 0.318. The second kappa shape index (κ2) is 6.63. The normalized spacial score (nSPS) is 11.6. The van der Waals surface area contributed by atoms with Gasteiger partial charge in [-0.3, -0.25) is 0 Å². The largest absolute Gasteiger partial charge is 0.409 e. The molecule has 0 saturated carbocycles. The third kappa shape index (κ3) is 3.23. The summed E-state index contributed by atoms with van der Waals surface area (Å²) in [6, 6.07) is 9.45. The number of nitrogens with two attached hydrogens (primary N) is 1. The summed E-state index contributed by atoms with van der Waals surface area (Å²) in [7, 11) is 0. The van der Waals surface area contributed by atoms with E-state index >= 15 is 0 Å². The van der Waals surface area contributed by atoms with Crippen molar-refractivity contribution in [1.29, 1.82) is 0 Å². The first-order chi connectivity index (χ1) is 9.65. The Morgan fingerprint density at radius 1 is 1.45 bits per heavy atom. The molecule has 0 amide bonds. The molecule has 0 radical (unpaired) electrons. The van der Waals surface area contributed by atoms with E-state index in [4.69, 9.17) is 22.5 Å². The number of anilines is 1. The molecule has 20 heavy (non-hydrogen) atoms. The summed E-state index contributed by atoms with van der Waals surface area (Å²) in [5, 5.41) is 14.7. The number of oxime groups is 1. The fourth-order valence-electron chi connectivity index (χ4n) is 1.99. The zero-order valence-corrected chi connectivity index (χ0v) is 12.7. The van der Waals surface area contributed by atoms with Crippen LogP contribution in [-0.4, -0.2) is 17.6 Å². The number of halogens is 1. The first-order valence-corrected chi connectivity index (χ1v) is 7.46. The van der Waals surface area contributed by atoms with E-state index in [1.54, 1.807) is 23.5 Å². The van der Waals surface area contributed by atoms with Gasteiger partial charge in [-0.2, -0.15) is 0 Å². The van der Waals surface area contributed by atoms with Gasteiger partial charge >= 0.3 is 0 Å². The van der Waals surface area contributed by atoms with Gasteiger partial charge in [-0.25, -0.2) is 0 Å². The molecule has 0 bridgehead atoms. The third-order valence-electron chi connectivity index (χ3n) is 2.99. The van der Waals surface area contributed by atoms with Gasteiger partial charge in [0.1, 0.15) is 0 Å². The van der Waals surface area contributed by atoms with Crippen molar-refractivity contribution in [2.45, 2.75) is 13.5 Å². The quantitative estimate of drug-likeness (QED) is 0.384. The zero-order chi connectivity index (χ0) is 14.5. The molecule has 0 aliphatic carbocycles. The molecule has 0 unspecified atom stereocenters. The molecule has 0 saturated heterocycles. The number of nitrogens with zero attached hydrogens (tertiary/aromatic N) is 2. The molecule has 0 fully saturated rings. The number of benzene rings is 1. The average Bonchev–Trinajstić information content (AvgIpc) is 2.97. The molecule has 0 spiro atoms. The van der Waals surface area contributed by atoms with Crippen LogP contribution < -0.4 is 10.6 Å². The maximum Gasteiger partial charge on any atom is 0.172 e. The van der Waals surface area contributed by atoms with Crippen molar-refractivity contribution in [3.63, 3.8) is 0 Å². The molecule has 1 aromatic heterocycles. The van der Waals surface area contributed by atoms with Crippen LogP contribution in [0.4, 0.5) is 5.69 Å². The molecule has 3 N–H and O–H groups in total. The summed E-state index contributed by atoms with van der Waals surface area (Å²) < 4.78 is 0. The molecule has 1 aromatic carbocycles. The predicted molar refractivity (Wildman–Crippen MR) is 85.0 cm³/mol. The highest BCUT2D eigenvalue weighted by molar-refractivity contribution is 7.09. The predicted octanol–water partition coefficient (Wildman–Crippen LogP) is 3.52. The van der Waals surface area contributed by atoms with Crippen molar-refractivity contribution in [2.24, 2.45) is 10.9 Å². The number of hydrogen-bond donors (Lipinski definition) is 2. The van der Waals surface area contributed by atoms with Crippen molar-refractivity contribution in [2.75, 3.05) is 11.4 Å². The molecule has 2 rings (SSSR count). The molecular weight excluding hydrogens is 294 g/mol. The Morgan fingerprint density at radius 3 is 2.85 bits per heavy atom. The summed E-state index contributed by atoms with van der Waals surface area (Å²) in [6.45, 7) is 3.62. The Hall–Kier alpha value is -1.72. The summed E-state index contributed by atoms with van der Waals surface area (Å²) in [4.78, 5) is 3.39. The van der Waals surface area contributed by atoms with Crippen LogP contribution in [0.5, 0.6) is 0 Å². The molecule has 2 aromatic rings. The van der Waals surface area contributed by atoms with Gasteiger partial charge in [0.2, 0.25) is 0 Å². The van der Waals surface area contributed by atoms with Crippen molar-refractivity contribution >= 4 is 34.5 Å². The molecule has 0 aliphatic rings. The number of thiophene rings is 1. The SMILES string of the molecule is CCN(Cc1cccs1)c1cc(Cl)ccc1C(N)=NO. The highest BCUT2D eigenvalue weighted by Gasteiger charge is 2.14. The van der Waals surface area contributed by atoms with Crippen LogP contribution in [0.3, 0.4) is 0 Å². The van der Waals surface area contributed by atoms with Crippen LogP contribution in [-0.2, 0) is 6.54 Å². The molecular formula is C14H16ClN3OS. The number of amidine groups is 1. The van der Waals surface area contributed by atoms with Crippen LogP contribution in [0.1, 0.15) is 17.4 Å². The van der Waals surface area contributed by atoms with Crippen LogP contribution in [0, 0.1) is 0 Å². The Labute approximate surface area is 127 Å². The minimum Gasteiger partial charge on any atom is -0.409 e. The Kier molecular flexibility index (Phi) is 4.87. The van der Waals surface area contributed by atoms with Crippen LogP contribution in [0.2, 0.25) is 5.02 Å². The Balaban J connectivity index is 2.39. The van der Waals surface area contributed by atoms with Crippen LogP contribution >= 0.6 is 22.9 Å². The van der Waals surface area contributed by atoms with E-state index < -0.39 is 0 Å².